The van der Waals surface area contributed by atoms with Crippen LogP contribution in [-0.4, -0.2) is 15.9 Å². The van der Waals surface area contributed by atoms with Crippen molar-refractivity contribution < 1.29 is 4.79 Å². The Morgan fingerprint density at radius 2 is 2.10 bits per heavy atom. The Morgan fingerprint density at radius 3 is 2.75 bits per heavy atom. The van der Waals surface area contributed by atoms with Crippen molar-refractivity contribution in [3.8, 4) is 0 Å². The van der Waals surface area contributed by atoms with Gasteiger partial charge >= 0.3 is 0 Å². The summed E-state index contributed by atoms with van der Waals surface area (Å²) in [5, 5.41) is 3.31. The number of carbonyl (C=O) groups excluding carboxylic acids is 1. The van der Waals surface area contributed by atoms with E-state index in [9.17, 15) is 4.79 Å². The van der Waals surface area contributed by atoms with Crippen molar-refractivity contribution in [1.29, 1.82) is 0 Å². The number of pyridine rings is 2. The van der Waals surface area contributed by atoms with Gasteiger partial charge < -0.3 is 5.32 Å². The smallest absolute Gasteiger partial charge is 0.255 e. The second-order valence-corrected chi connectivity index (χ2v) is 5.02. The highest BCUT2D eigenvalue weighted by molar-refractivity contribution is 6.33. The number of hydrogen-bond acceptors (Lipinski definition) is 3. The molecule has 0 unspecified atom stereocenters. The number of hydrogen-bond donors (Lipinski definition) is 1. The van der Waals surface area contributed by atoms with Crippen LogP contribution in [-0.2, 0) is 6.42 Å². The van der Waals surface area contributed by atoms with E-state index in [0.29, 0.717) is 22.8 Å². The van der Waals surface area contributed by atoms with Crippen molar-refractivity contribution >= 4 is 34.8 Å². The molecule has 4 nitrogen and oxygen atoms in total. The van der Waals surface area contributed by atoms with Crippen molar-refractivity contribution in [2.24, 2.45) is 0 Å². The van der Waals surface area contributed by atoms with Crippen LogP contribution in [0.2, 0.25) is 10.3 Å². The number of aryl methyl sites for hydroxylation is 2. The van der Waals surface area contributed by atoms with E-state index >= 15 is 0 Å². The van der Waals surface area contributed by atoms with Gasteiger partial charge in [0.15, 0.2) is 5.15 Å². The normalized spacial score (nSPS) is 10.4. The van der Waals surface area contributed by atoms with Crippen LogP contribution in [0.15, 0.2) is 24.4 Å². The third-order valence-corrected chi connectivity index (χ3v) is 3.30. The first kappa shape index (κ1) is 14.8. The largest absolute Gasteiger partial charge is 0.319 e. The summed E-state index contributed by atoms with van der Waals surface area (Å²) in [5.74, 6) is -0.290. The minimum Gasteiger partial charge on any atom is -0.319 e. The molecule has 0 saturated carbocycles. The molecule has 0 aliphatic carbocycles. The molecule has 0 fully saturated rings. The van der Waals surface area contributed by atoms with Gasteiger partial charge in [0.25, 0.3) is 5.91 Å². The Hall–Kier alpha value is -1.65. The maximum absolute atomic E-state index is 12.3. The van der Waals surface area contributed by atoms with Crippen LogP contribution < -0.4 is 5.32 Å². The molecule has 1 amide bonds. The lowest BCUT2D eigenvalue weighted by atomic mass is 10.2. The fourth-order valence-electron chi connectivity index (χ4n) is 1.72. The Morgan fingerprint density at radius 1 is 1.35 bits per heavy atom. The lowest BCUT2D eigenvalue weighted by molar-refractivity contribution is 0.102. The summed E-state index contributed by atoms with van der Waals surface area (Å²) >= 11 is 11.9. The van der Waals surface area contributed by atoms with Gasteiger partial charge in [0.05, 0.1) is 5.69 Å². The molecule has 0 aliphatic rings. The van der Waals surface area contributed by atoms with Gasteiger partial charge in [0.2, 0.25) is 0 Å². The number of nitrogens with one attached hydrogen (secondary N) is 1. The predicted octanol–water partition coefficient (Wildman–Crippen LogP) is 3.91. The summed E-state index contributed by atoms with van der Waals surface area (Å²) in [4.78, 5) is 20.3. The van der Waals surface area contributed by atoms with Crippen molar-refractivity contribution in [3.63, 3.8) is 0 Å². The van der Waals surface area contributed by atoms with E-state index in [1.165, 1.54) is 6.07 Å². The van der Waals surface area contributed by atoms with E-state index < -0.39 is 0 Å². The first-order valence-corrected chi connectivity index (χ1v) is 6.85. The number of amides is 1. The summed E-state index contributed by atoms with van der Waals surface area (Å²) in [6, 6.07) is 5.01. The average Bonchev–Trinajstić information content (AvgIpc) is 2.42. The molecule has 0 atom stereocenters. The SMILES string of the molecule is CCc1cc(C(=O)Nc2c(C)ccnc2Cl)cc(Cl)n1. The zero-order valence-electron chi connectivity index (χ0n) is 11.1. The number of carbonyl (C=O) groups is 1. The highest BCUT2D eigenvalue weighted by Gasteiger charge is 2.13. The summed E-state index contributed by atoms with van der Waals surface area (Å²) in [6.45, 7) is 3.79. The molecule has 0 aliphatic heterocycles. The third-order valence-electron chi connectivity index (χ3n) is 2.82. The zero-order valence-corrected chi connectivity index (χ0v) is 12.6. The Balaban J connectivity index is 2.31. The molecule has 2 heterocycles. The average molecular weight is 310 g/mol. The first-order chi connectivity index (χ1) is 9.51. The van der Waals surface area contributed by atoms with Crippen LogP contribution >= 0.6 is 23.2 Å². The van der Waals surface area contributed by atoms with Gasteiger partial charge in [0.1, 0.15) is 5.15 Å². The lowest BCUT2D eigenvalue weighted by Gasteiger charge is -2.10. The van der Waals surface area contributed by atoms with E-state index in [1.54, 1.807) is 18.3 Å². The monoisotopic (exact) mass is 309 g/mol. The van der Waals surface area contributed by atoms with E-state index in [-0.39, 0.29) is 11.1 Å². The maximum Gasteiger partial charge on any atom is 0.255 e. The van der Waals surface area contributed by atoms with Gasteiger partial charge in [-0.05, 0) is 37.1 Å². The van der Waals surface area contributed by atoms with Crippen molar-refractivity contribution in [2.45, 2.75) is 20.3 Å². The highest BCUT2D eigenvalue weighted by atomic mass is 35.5. The fourth-order valence-corrected chi connectivity index (χ4v) is 2.20. The Kier molecular flexibility index (Phi) is 4.57. The lowest BCUT2D eigenvalue weighted by Crippen LogP contribution is -2.14. The number of aromatic nitrogens is 2. The quantitative estimate of drug-likeness (QED) is 0.875. The topological polar surface area (TPSA) is 54.9 Å². The number of rotatable bonds is 3. The molecular formula is C14H13Cl2N3O. The molecule has 20 heavy (non-hydrogen) atoms. The summed E-state index contributed by atoms with van der Waals surface area (Å²) in [6.07, 6.45) is 2.29. The second-order valence-electron chi connectivity index (χ2n) is 4.27. The van der Waals surface area contributed by atoms with Gasteiger partial charge in [-0.15, -0.1) is 0 Å². The van der Waals surface area contributed by atoms with Gasteiger partial charge in [0, 0.05) is 17.5 Å². The van der Waals surface area contributed by atoms with E-state index in [1.807, 2.05) is 13.8 Å². The van der Waals surface area contributed by atoms with E-state index in [0.717, 1.165) is 11.3 Å². The molecule has 1 N–H and O–H groups in total. The number of halogens is 2. The summed E-state index contributed by atoms with van der Waals surface area (Å²) < 4.78 is 0. The maximum atomic E-state index is 12.3. The third kappa shape index (κ3) is 3.26. The van der Waals surface area contributed by atoms with Crippen LogP contribution in [0.5, 0.6) is 0 Å². The van der Waals surface area contributed by atoms with Crippen LogP contribution in [0.4, 0.5) is 5.69 Å². The van der Waals surface area contributed by atoms with Crippen LogP contribution in [0, 0.1) is 6.92 Å². The molecule has 2 rings (SSSR count). The van der Waals surface area contributed by atoms with E-state index in [2.05, 4.69) is 15.3 Å². The minimum absolute atomic E-state index is 0.259. The van der Waals surface area contributed by atoms with Crippen LogP contribution in [0.1, 0.15) is 28.5 Å². The number of nitrogens with zero attached hydrogens (tertiary/aromatic N) is 2. The standard InChI is InChI=1S/C14H13Cl2N3O/c1-3-10-6-9(7-11(15)18-10)14(20)19-12-8(2)4-5-17-13(12)16/h4-7H,3H2,1-2H3,(H,19,20). The fraction of sp³-hybridized carbons (Fsp3) is 0.214. The summed E-state index contributed by atoms with van der Waals surface area (Å²) in [7, 11) is 0. The van der Waals surface area contributed by atoms with Crippen LogP contribution in [0.25, 0.3) is 0 Å². The van der Waals surface area contributed by atoms with Crippen LogP contribution in [0.3, 0.4) is 0 Å². The molecule has 2 aromatic heterocycles. The minimum atomic E-state index is -0.290. The van der Waals surface area contributed by atoms with Crippen molar-refractivity contribution in [1.82, 2.24) is 9.97 Å². The van der Waals surface area contributed by atoms with Crippen molar-refractivity contribution in [3.05, 3.63) is 51.5 Å². The Bertz CT molecular complexity index is 639. The van der Waals surface area contributed by atoms with Crippen molar-refractivity contribution in [2.75, 3.05) is 5.32 Å². The highest BCUT2D eigenvalue weighted by Crippen LogP contribution is 2.23. The molecule has 0 saturated heterocycles. The van der Waals surface area contributed by atoms with E-state index in [4.69, 9.17) is 23.2 Å². The zero-order chi connectivity index (χ0) is 14.7. The second kappa shape index (κ2) is 6.20. The molecule has 0 bridgehead atoms. The molecule has 0 radical (unpaired) electrons. The van der Waals surface area contributed by atoms with Gasteiger partial charge in [-0.25, -0.2) is 9.97 Å². The van der Waals surface area contributed by atoms with Gasteiger partial charge in [-0.3, -0.25) is 4.79 Å². The van der Waals surface area contributed by atoms with Gasteiger partial charge in [-0.2, -0.15) is 0 Å². The molecule has 0 aromatic carbocycles. The molecule has 2 aromatic rings. The molecular weight excluding hydrogens is 297 g/mol. The van der Waals surface area contributed by atoms with Gasteiger partial charge in [-0.1, -0.05) is 30.1 Å². The molecule has 0 spiro atoms. The number of anilines is 1. The predicted molar refractivity (Wildman–Crippen MR) is 80.6 cm³/mol. The summed E-state index contributed by atoms with van der Waals surface area (Å²) in [5.41, 5.74) is 2.55. The molecule has 6 heteroatoms. The first-order valence-electron chi connectivity index (χ1n) is 6.10. The Labute approximate surface area is 127 Å². The molecule has 104 valence electrons.